The van der Waals surface area contributed by atoms with Crippen LogP contribution in [0.25, 0.3) is 0 Å². The van der Waals surface area contributed by atoms with Crippen LogP contribution in [-0.4, -0.2) is 23.3 Å². The van der Waals surface area contributed by atoms with E-state index in [4.69, 9.17) is 17.3 Å². The van der Waals surface area contributed by atoms with Crippen molar-refractivity contribution in [3.05, 3.63) is 34.6 Å². The summed E-state index contributed by atoms with van der Waals surface area (Å²) in [6.45, 7) is 4.50. The van der Waals surface area contributed by atoms with E-state index < -0.39 is 11.9 Å². The third kappa shape index (κ3) is 2.71. The number of amidine groups is 1. The van der Waals surface area contributed by atoms with Gasteiger partial charge in [0.05, 0.1) is 0 Å². The Morgan fingerprint density at radius 2 is 2.21 bits per heavy atom. The fourth-order valence-electron chi connectivity index (χ4n) is 2.13. The highest BCUT2D eigenvalue weighted by atomic mass is 35.5. The molecule has 0 saturated carbocycles. The van der Waals surface area contributed by atoms with Gasteiger partial charge >= 0.3 is 6.03 Å². The predicted octanol–water partition coefficient (Wildman–Crippen LogP) is 2.97. The van der Waals surface area contributed by atoms with Crippen LogP contribution in [0.5, 0.6) is 0 Å². The lowest BCUT2D eigenvalue weighted by atomic mass is 10.0. The number of hydrogen-bond donors (Lipinski definition) is 1. The van der Waals surface area contributed by atoms with Gasteiger partial charge in [-0.3, -0.25) is 0 Å². The van der Waals surface area contributed by atoms with E-state index in [0.29, 0.717) is 12.1 Å². The van der Waals surface area contributed by atoms with Crippen LogP contribution in [0.4, 0.5) is 9.18 Å². The zero-order valence-electron chi connectivity index (χ0n) is 10.7. The molecule has 0 bridgehead atoms. The van der Waals surface area contributed by atoms with E-state index in [2.05, 4.69) is 4.99 Å². The van der Waals surface area contributed by atoms with E-state index >= 15 is 0 Å². The molecule has 6 heteroatoms. The van der Waals surface area contributed by atoms with Crippen LogP contribution in [0, 0.1) is 11.7 Å². The fourth-order valence-corrected chi connectivity index (χ4v) is 2.40. The van der Waals surface area contributed by atoms with Crippen LogP contribution in [0.1, 0.15) is 25.5 Å². The minimum atomic E-state index is -0.511. The molecule has 1 heterocycles. The number of aliphatic imine (C=N–C) groups is 1. The van der Waals surface area contributed by atoms with E-state index in [1.54, 1.807) is 4.90 Å². The van der Waals surface area contributed by atoms with Gasteiger partial charge in [-0.15, -0.1) is 0 Å². The molecule has 102 valence electrons. The quantitative estimate of drug-likeness (QED) is 0.927. The van der Waals surface area contributed by atoms with Crippen molar-refractivity contribution in [2.24, 2.45) is 16.6 Å². The summed E-state index contributed by atoms with van der Waals surface area (Å²) < 4.78 is 13.1. The average molecular weight is 284 g/mol. The first-order valence-electron chi connectivity index (χ1n) is 5.99. The summed E-state index contributed by atoms with van der Waals surface area (Å²) in [5.41, 5.74) is 6.40. The van der Waals surface area contributed by atoms with E-state index in [9.17, 15) is 9.18 Å². The second-order valence-electron chi connectivity index (χ2n) is 4.93. The summed E-state index contributed by atoms with van der Waals surface area (Å²) in [4.78, 5) is 17.2. The zero-order chi connectivity index (χ0) is 14.2. The largest absolute Gasteiger partial charge is 0.385 e. The van der Waals surface area contributed by atoms with Crippen LogP contribution in [-0.2, 0) is 0 Å². The Balaban J connectivity index is 2.39. The van der Waals surface area contributed by atoms with Gasteiger partial charge < -0.3 is 10.6 Å². The zero-order valence-corrected chi connectivity index (χ0v) is 11.5. The van der Waals surface area contributed by atoms with Crippen molar-refractivity contribution in [3.63, 3.8) is 0 Å². The maximum absolute atomic E-state index is 13.1. The lowest BCUT2D eigenvalue weighted by Crippen LogP contribution is -2.36. The van der Waals surface area contributed by atoms with Crippen molar-refractivity contribution < 1.29 is 9.18 Å². The Kier molecular flexibility index (Phi) is 3.75. The van der Waals surface area contributed by atoms with E-state index in [1.807, 2.05) is 13.8 Å². The summed E-state index contributed by atoms with van der Waals surface area (Å²) in [5.74, 6) is 0.0370. The molecule has 0 aliphatic carbocycles. The van der Waals surface area contributed by atoms with Crippen molar-refractivity contribution in [1.29, 1.82) is 0 Å². The molecule has 1 aliphatic heterocycles. The van der Waals surface area contributed by atoms with Crippen LogP contribution in [0.15, 0.2) is 23.2 Å². The number of carbonyl (C=O) groups excluding carboxylic acids is 1. The average Bonchev–Trinajstić information content (AvgIpc) is 2.54. The molecule has 0 fully saturated rings. The first-order chi connectivity index (χ1) is 8.90. The number of benzene rings is 1. The summed E-state index contributed by atoms with van der Waals surface area (Å²) in [6, 6.07) is 3.15. The molecule has 1 unspecified atom stereocenters. The first kappa shape index (κ1) is 13.8. The van der Waals surface area contributed by atoms with Crippen LogP contribution in [0.2, 0.25) is 5.02 Å². The highest BCUT2D eigenvalue weighted by molar-refractivity contribution is 6.31. The number of halogens is 2. The molecule has 0 saturated heterocycles. The van der Waals surface area contributed by atoms with Crippen molar-refractivity contribution in [2.45, 2.75) is 19.9 Å². The van der Waals surface area contributed by atoms with E-state index in [-0.39, 0.29) is 22.8 Å². The van der Waals surface area contributed by atoms with Crippen molar-refractivity contribution in [2.75, 3.05) is 6.54 Å². The number of hydrogen-bond acceptors (Lipinski definition) is 2. The van der Waals surface area contributed by atoms with Gasteiger partial charge in [-0.2, -0.15) is 4.99 Å². The summed E-state index contributed by atoms with van der Waals surface area (Å²) >= 11 is 6.04. The molecule has 0 spiro atoms. The molecule has 19 heavy (non-hydrogen) atoms. The van der Waals surface area contributed by atoms with Gasteiger partial charge in [-0.1, -0.05) is 31.5 Å². The van der Waals surface area contributed by atoms with Crippen LogP contribution >= 0.6 is 11.6 Å². The Morgan fingerprint density at radius 3 is 2.79 bits per heavy atom. The highest BCUT2D eigenvalue weighted by Crippen LogP contribution is 2.32. The van der Waals surface area contributed by atoms with Crippen LogP contribution in [0.3, 0.4) is 0 Å². The van der Waals surface area contributed by atoms with Crippen LogP contribution < -0.4 is 5.73 Å². The summed E-state index contributed by atoms with van der Waals surface area (Å²) in [7, 11) is 0. The minimum absolute atomic E-state index is 0.194. The third-order valence-electron chi connectivity index (χ3n) is 2.88. The van der Waals surface area contributed by atoms with Gasteiger partial charge in [0.2, 0.25) is 0 Å². The second kappa shape index (κ2) is 5.17. The van der Waals surface area contributed by atoms with E-state index in [1.165, 1.54) is 18.2 Å². The van der Waals surface area contributed by atoms with Crippen molar-refractivity contribution in [3.8, 4) is 0 Å². The SMILES string of the molecule is CC(C)CN1C(=O)N=C(N)C1c1ccc(F)cc1Cl. The molecule has 2 rings (SSSR count). The smallest absolute Gasteiger partial charge is 0.346 e. The number of urea groups is 1. The highest BCUT2D eigenvalue weighted by Gasteiger charge is 2.35. The molecule has 1 aliphatic rings. The van der Waals surface area contributed by atoms with Gasteiger partial charge in [0.1, 0.15) is 17.7 Å². The molecule has 2 amide bonds. The monoisotopic (exact) mass is 283 g/mol. The van der Waals surface area contributed by atoms with Crippen molar-refractivity contribution in [1.82, 2.24) is 4.90 Å². The Hall–Kier alpha value is -1.62. The van der Waals surface area contributed by atoms with Crippen molar-refractivity contribution >= 4 is 23.5 Å². The molecule has 1 atom stereocenters. The Labute approximate surface area is 116 Å². The van der Waals surface area contributed by atoms with Gasteiger partial charge in [0.25, 0.3) is 0 Å². The second-order valence-corrected chi connectivity index (χ2v) is 5.34. The molecule has 4 nitrogen and oxygen atoms in total. The number of amides is 2. The Bertz CT molecular complexity index is 545. The number of carbonyl (C=O) groups is 1. The molecule has 1 aromatic rings. The normalized spacial score (nSPS) is 19.2. The Morgan fingerprint density at radius 1 is 1.53 bits per heavy atom. The number of nitrogens with zero attached hydrogens (tertiary/aromatic N) is 2. The molecule has 0 radical (unpaired) electrons. The third-order valence-corrected chi connectivity index (χ3v) is 3.21. The van der Waals surface area contributed by atoms with Gasteiger partial charge in [0.15, 0.2) is 0 Å². The van der Waals surface area contributed by atoms with E-state index in [0.717, 1.165) is 0 Å². The topological polar surface area (TPSA) is 58.7 Å². The summed E-state index contributed by atoms with van der Waals surface area (Å²) in [6.07, 6.45) is 0. The standard InChI is InChI=1S/C13H15ClFN3O/c1-7(2)6-18-11(12(16)17-13(18)19)9-4-3-8(15)5-10(9)14/h3-5,7,11H,6H2,1-2H3,(H2,16,17,19). The maximum atomic E-state index is 13.1. The fraction of sp³-hybridized carbons (Fsp3) is 0.385. The van der Waals surface area contributed by atoms with Gasteiger partial charge in [-0.05, 0) is 18.1 Å². The molecule has 0 aromatic heterocycles. The minimum Gasteiger partial charge on any atom is -0.385 e. The molecule has 1 aromatic carbocycles. The molecular formula is C13H15ClFN3O. The van der Waals surface area contributed by atoms with Gasteiger partial charge in [0, 0.05) is 17.1 Å². The predicted molar refractivity (Wildman–Crippen MR) is 72.7 cm³/mol. The van der Waals surface area contributed by atoms with Gasteiger partial charge in [-0.25, -0.2) is 9.18 Å². The lowest BCUT2D eigenvalue weighted by molar-refractivity contribution is 0.199. The first-order valence-corrected chi connectivity index (χ1v) is 6.37. The molecule has 2 N–H and O–H groups in total. The summed E-state index contributed by atoms with van der Waals surface area (Å²) in [5, 5.41) is 0.242. The maximum Gasteiger partial charge on any atom is 0.346 e. The molecular weight excluding hydrogens is 269 g/mol. The number of nitrogens with two attached hydrogens (primary N) is 1. The lowest BCUT2D eigenvalue weighted by Gasteiger charge is -2.26. The number of rotatable bonds is 3.